The van der Waals surface area contributed by atoms with Gasteiger partial charge in [0.25, 0.3) is 5.91 Å². The molecule has 1 aliphatic carbocycles. The molecule has 1 aliphatic heterocycles. The molecule has 24 heavy (non-hydrogen) atoms. The van der Waals surface area contributed by atoms with Gasteiger partial charge in [0.1, 0.15) is 11.4 Å². The molecule has 2 bridgehead atoms. The number of rotatable bonds is 4. The van der Waals surface area contributed by atoms with Crippen molar-refractivity contribution in [2.75, 3.05) is 13.7 Å². The minimum absolute atomic E-state index is 0.0247. The maximum atomic E-state index is 13.2. The summed E-state index contributed by atoms with van der Waals surface area (Å²) in [5.74, 6) is 1.36. The molecule has 126 valence electrons. The summed E-state index contributed by atoms with van der Waals surface area (Å²) < 4.78 is 5.30. The number of ether oxygens (including phenoxy) is 1. The quantitative estimate of drug-likeness (QED) is 0.927. The summed E-state index contributed by atoms with van der Waals surface area (Å²) in [7, 11) is 1.64. The first-order valence-electron chi connectivity index (χ1n) is 8.33. The van der Waals surface area contributed by atoms with Crippen LogP contribution >= 0.6 is 11.3 Å². The number of thiazole rings is 1. The molecule has 3 atom stereocenters. The fourth-order valence-electron chi connectivity index (χ4n) is 4.20. The smallest absolute Gasteiger partial charge is 0.274 e. The van der Waals surface area contributed by atoms with E-state index in [1.54, 1.807) is 12.6 Å². The Morgan fingerprint density at radius 1 is 1.46 bits per heavy atom. The van der Waals surface area contributed by atoms with Gasteiger partial charge in [-0.05, 0) is 42.9 Å². The largest absolute Gasteiger partial charge is 0.497 e. The zero-order valence-corrected chi connectivity index (χ0v) is 14.5. The molecular formula is C18H21N3O2S. The molecule has 2 fully saturated rings. The maximum absolute atomic E-state index is 13.2. The lowest BCUT2D eigenvalue weighted by molar-refractivity contribution is 0.0597. The van der Waals surface area contributed by atoms with E-state index in [2.05, 4.69) is 4.98 Å². The lowest BCUT2D eigenvalue weighted by atomic mass is 9.98. The van der Waals surface area contributed by atoms with Gasteiger partial charge in [-0.15, -0.1) is 11.3 Å². The van der Waals surface area contributed by atoms with Crippen molar-refractivity contribution < 1.29 is 9.53 Å². The fourth-order valence-corrected chi connectivity index (χ4v) is 4.98. The van der Waals surface area contributed by atoms with Gasteiger partial charge in [-0.1, -0.05) is 12.1 Å². The molecule has 1 saturated heterocycles. The summed E-state index contributed by atoms with van der Waals surface area (Å²) in [5.41, 5.74) is 9.21. The van der Waals surface area contributed by atoms with Gasteiger partial charge in [-0.25, -0.2) is 4.98 Å². The molecule has 1 aromatic carbocycles. The first kappa shape index (κ1) is 15.6. The van der Waals surface area contributed by atoms with Crippen LogP contribution in [0.5, 0.6) is 5.75 Å². The number of likely N-dealkylation sites (tertiary alicyclic amines) is 1. The van der Waals surface area contributed by atoms with Crippen LogP contribution in [0.4, 0.5) is 0 Å². The number of aromatic nitrogens is 1. The average Bonchev–Trinajstić information content (AvgIpc) is 3.35. The molecule has 6 heteroatoms. The van der Waals surface area contributed by atoms with Crippen LogP contribution in [-0.4, -0.2) is 41.5 Å². The summed E-state index contributed by atoms with van der Waals surface area (Å²) in [5, 5.41) is 0. The normalized spacial score (nSPS) is 25.2. The van der Waals surface area contributed by atoms with Crippen LogP contribution in [0.2, 0.25) is 0 Å². The van der Waals surface area contributed by atoms with Crippen molar-refractivity contribution in [3.05, 3.63) is 35.5 Å². The van der Waals surface area contributed by atoms with E-state index in [1.165, 1.54) is 17.8 Å². The van der Waals surface area contributed by atoms with Crippen LogP contribution in [0.25, 0.3) is 10.4 Å². The highest BCUT2D eigenvalue weighted by molar-refractivity contribution is 7.13. The van der Waals surface area contributed by atoms with E-state index >= 15 is 0 Å². The van der Waals surface area contributed by atoms with E-state index in [-0.39, 0.29) is 11.9 Å². The van der Waals surface area contributed by atoms with Gasteiger partial charge in [-0.2, -0.15) is 0 Å². The molecule has 4 rings (SSSR count). The number of hydrogen-bond acceptors (Lipinski definition) is 5. The second kappa shape index (κ2) is 6.18. The molecule has 5 nitrogen and oxygen atoms in total. The van der Waals surface area contributed by atoms with E-state index in [0.29, 0.717) is 24.2 Å². The Morgan fingerprint density at radius 2 is 2.33 bits per heavy atom. The van der Waals surface area contributed by atoms with E-state index < -0.39 is 0 Å². The number of nitrogens with zero attached hydrogens (tertiary/aromatic N) is 2. The second-order valence-corrected chi connectivity index (χ2v) is 7.36. The molecule has 2 aromatic rings. The summed E-state index contributed by atoms with van der Waals surface area (Å²) >= 11 is 1.49. The predicted molar refractivity (Wildman–Crippen MR) is 94.2 cm³/mol. The van der Waals surface area contributed by atoms with Gasteiger partial charge in [0.15, 0.2) is 0 Å². The van der Waals surface area contributed by atoms with E-state index in [9.17, 15) is 4.79 Å². The first-order chi connectivity index (χ1) is 11.7. The molecule has 0 unspecified atom stereocenters. The Hall–Kier alpha value is -1.92. The van der Waals surface area contributed by atoms with Crippen molar-refractivity contribution in [2.24, 2.45) is 11.7 Å². The molecule has 2 heterocycles. The van der Waals surface area contributed by atoms with Gasteiger partial charge in [-0.3, -0.25) is 4.79 Å². The van der Waals surface area contributed by atoms with Crippen LogP contribution in [-0.2, 0) is 0 Å². The van der Waals surface area contributed by atoms with Crippen LogP contribution in [0.15, 0.2) is 29.8 Å². The zero-order chi connectivity index (χ0) is 16.7. The fraction of sp³-hybridized carbons (Fsp3) is 0.444. The number of methoxy groups -OCH3 is 1. The number of nitrogens with two attached hydrogens (primary N) is 1. The first-order valence-corrected chi connectivity index (χ1v) is 9.21. The number of piperidine rings is 1. The highest BCUT2D eigenvalue weighted by atomic mass is 32.1. The number of carbonyl (C=O) groups excluding carboxylic acids is 1. The minimum Gasteiger partial charge on any atom is -0.497 e. The van der Waals surface area contributed by atoms with Crippen molar-refractivity contribution in [3.63, 3.8) is 0 Å². The Morgan fingerprint density at radius 3 is 3.12 bits per heavy atom. The van der Waals surface area contributed by atoms with Gasteiger partial charge >= 0.3 is 0 Å². The molecular weight excluding hydrogens is 322 g/mol. The Kier molecular flexibility index (Phi) is 4.02. The number of carbonyl (C=O) groups is 1. The summed E-state index contributed by atoms with van der Waals surface area (Å²) in [6, 6.07) is 8.26. The molecule has 1 aromatic heterocycles. The van der Waals surface area contributed by atoms with Gasteiger partial charge in [0.2, 0.25) is 0 Å². The third-order valence-electron chi connectivity index (χ3n) is 5.32. The number of hydrogen-bond donors (Lipinski definition) is 1. The lowest BCUT2D eigenvalue weighted by Crippen LogP contribution is -2.48. The Balaban J connectivity index is 1.68. The third-order valence-corrected chi connectivity index (χ3v) is 6.19. The monoisotopic (exact) mass is 343 g/mol. The van der Waals surface area contributed by atoms with Crippen LogP contribution in [0.3, 0.4) is 0 Å². The van der Waals surface area contributed by atoms with E-state index in [1.807, 2.05) is 29.2 Å². The molecule has 1 amide bonds. The van der Waals surface area contributed by atoms with Crippen LogP contribution in [0, 0.1) is 5.92 Å². The maximum Gasteiger partial charge on any atom is 0.274 e. The van der Waals surface area contributed by atoms with Gasteiger partial charge in [0.05, 0.1) is 17.5 Å². The predicted octanol–water partition coefficient (Wildman–Crippen LogP) is 2.77. The van der Waals surface area contributed by atoms with Gasteiger partial charge in [0, 0.05) is 18.6 Å². The number of amides is 1. The lowest BCUT2D eigenvalue weighted by Gasteiger charge is -2.34. The highest BCUT2D eigenvalue weighted by Gasteiger charge is 2.48. The van der Waals surface area contributed by atoms with Crippen molar-refractivity contribution >= 4 is 17.2 Å². The van der Waals surface area contributed by atoms with Gasteiger partial charge < -0.3 is 15.4 Å². The number of benzene rings is 1. The summed E-state index contributed by atoms with van der Waals surface area (Å²) in [6.07, 6.45) is 3.37. The van der Waals surface area contributed by atoms with Crippen molar-refractivity contribution in [2.45, 2.75) is 31.3 Å². The highest BCUT2D eigenvalue weighted by Crippen LogP contribution is 2.43. The van der Waals surface area contributed by atoms with Crippen molar-refractivity contribution in [3.8, 4) is 16.2 Å². The molecule has 0 radical (unpaired) electrons. The molecule has 1 saturated carbocycles. The zero-order valence-electron chi connectivity index (χ0n) is 13.6. The Labute approximate surface area is 145 Å². The van der Waals surface area contributed by atoms with Crippen molar-refractivity contribution in [1.82, 2.24) is 9.88 Å². The Bertz CT molecular complexity index is 760. The van der Waals surface area contributed by atoms with E-state index in [0.717, 1.165) is 29.0 Å². The molecule has 0 spiro atoms. The van der Waals surface area contributed by atoms with Crippen molar-refractivity contribution in [1.29, 1.82) is 0 Å². The topological polar surface area (TPSA) is 68.5 Å². The SMILES string of the molecule is COc1cccc(-c2scnc2C(=O)N2[C@@H]3CC[C@@H](C3)[C@H]2CN)c1. The second-order valence-electron chi connectivity index (χ2n) is 6.50. The summed E-state index contributed by atoms with van der Waals surface area (Å²) in [6.45, 7) is 0.533. The standard InChI is InChI=1S/C18H21N3O2S/c1-23-14-4-2-3-12(8-14)17-16(20-10-24-17)18(22)21-13-6-5-11(7-13)15(21)9-19/h2-4,8,10-11,13,15H,5-7,9,19H2,1H3/t11-,13+,15+/m0/s1. The van der Waals surface area contributed by atoms with E-state index in [4.69, 9.17) is 10.5 Å². The molecule has 2 aliphatic rings. The molecule has 2 N–H and O–H groups in total. The van der Waals surface area contributed by atoms with Crippen LogP contribution < -0.4 is 10.5 Å². The summed E-state index contributed by atoms with van der Waals surface area (Å²) in [4.78, 5) is 20.5. The minimum atomic E-state index is 0.0247. The number of fused-ring (bicyclic) bond motifs is 2. The third kappa shape index (κ3) is 2.41. The average molecular weight is 343 g/mol. The van der Waals surface area contributed by atoms with Crippen LogP contribution in [0.1, 0.15) is 29.8 Å².